The summed E-state index contributed by atoms with van der Waals surface area (Å²) in [7, 11) is 0. The second-order valence-corrected chi connectivity index (χ2v) is 4.14. The van der Waals surface area contributed by atoms with Crippen LogP contribution in [0.3, 0.4) is 0 Å². The van der Waals surface area contributed by atoms with Crippen LogP contribution in [0, 0.1) is 0 Å². The number of carbonyl (C=O) groups is 1. The van der Waals surface area contributed by atoms with E-state index in [9.17, 15) is 19.5 Å². The minimum Gasteiger partial charge on any atom is -0.494 e. The van der Waals surface area contributed by atoms with Crippen molar-refractivity contribution in [2.24, 2.45) is 0 Å². The number of nitrogens with one attached hydrogen (secondary N) is 3. The molecule has 1 heterocycles. The van der Waals surface area contributed by atoms with E-state index >= 15 is 0 Å². The number of hydrogen-bond donors (Lipinski definition) is 4. The van der Waals surface area contributed by atoms with Crippen molar-refractivity contribution in [2.45, 2.75) is 13.3 Å². The van der Waals surface area contributed by atoms with Crippen LogP contribution in [0.25, 0.3) is 0 Å². The second kappa shape index (κ2) is 5.43. The van der Waals surface area contributed by atoms with E-state index in [1.54, 1.807) is 12.1 Å². The molecule has 0 saturated carbocycles. The standard InChI is InChI=1S/C13H13N3O4/c1-2-7-3-5-8(6-4-7)14-10(17)9-11(18)15-13(20)16-12(9)19/h3-6H,2H2,1H3,(H,14,17)(H3,15,16,18,19,20). The van der Waals surface area contributed by atoms with Gasteiger partial charge in [-0.05, 0) is 24.1 Å². The van der Waals surface area contributed by atoms with Gasteiger partial charge in [0, 0.05) is 5.69 Å². The van der Waals surface area contributed by atoms with Gasteiger partial charge in [-0.1, -0.05) is 19.1 Å². The first kappa shape index (κ1) is 13.6. The molecule has 0 radical (unpaired) electrons. The van der Waals surface area contributed by atoms with E-state index in [1.807, 2.05) is 29.0 Å². The number of hydrogen-bond acceptors (Lipinski definition) is 4. The molecule has 0 fully saturated rings. The Morgan fingerprint density at radius 1 is 1.20 bits per heavy atom. The molecule has 0 bridgehead atoms. The van der Waals surface area contributed by atoms with Crippen molar-refractivity contribution >= 4 is 11.6 Å². The number of rotatable bonds is 3. The number of carbonyl (C=O) groups excluding carboxylic acids is 1. The van der Waals surface area contributed by atoms with Crippen LogP contribution in [0.5, 0.6) is 5.88 Å². The van der Waals surface area contributed by atoms with Gasteiger partial charge in [-0.25, -0.2) is 4.79 Å². The summed E-state index contributed by atoms with van der Waals surface area (Å²) in [6, 6.07) is 7.06. The fourth-order valence-corrected chi connectivity index (χ4v) is 1.70. The summed E-state index contributed by atoms with van der Waals surface area (Å²) in [6.07, 6.45) is 0.870. The van der Waals surface area contributed by atoms with Gasteiger partial charge in [-0.3, -0.25) is 19.6 Å². The Hall–Kier alpha value is -2.83. The van der Waals surface area contributed by atoms with Gasteiger partial charge >= 0.3 is 5.69 Å². The van der Waals surface area contributed by atoms with E-state index in [1.165, 1.54) is 0 Å². The molecule has 1 aromatic carbocycles. The Morgan fingerprint density at radius 2 is 1.85 bits per heavy atom. The smallest absolute Gasteiger partial charge is 0.328 e. The average Bonchev–Trinajstić information content (AvgIpc) is 2.38. The Bertz CT molecular complexity index is 743. The van der Waals surface area contributed by atoms with Crippen molar-refractivity contribution in [3.8, 4) is 5.88 Å². The number of amides is 1. The first-order chi connectivity index (χ1) is 9.51. The van der Waals surface area contributed by atoms with E-state index in [4.69, 9.17) is 0 Å². The van der Waals surface area contributed by atoms with E-state index in [0.29, 0.717) is 5.69 Å². The Morgan fingerprint density at radius 3 is 2.40 bits per heavy atom. The van der Waals surface area contributed by atoms with Gasteiger partial charge in [0.05, 0.1) is 0 Å². The second-order valence-electron chi connectivity index (χ2n) is 4.14. The molecule has 7 heteroatoms. The number of aromatic hydroxyl groups is 1. The molecular weight excluding hydrogens is 262 g/mol. The van der Waals surface area contributed by atoms with Crippen molar-refractivity contribution in [1.82, 2.24) is 9.97 Å². The molecule has 1 aromatic heterocycles. The van der Waals surface area contributed by atoms with Crippen LogP contribution >= 0.6 is 0 Å². The fraction of sp³-hybridized carbons (Fsp3) is 0.154. The van der Waals surface area contributed by atoms with Crippen molar-refractivity contribution in [1.29, 1.82) is 0 Å². The number of aryl methyl sites for hydroxylation is 1. The highest BCUT2D eigenvalue weighted by molar-refractivity contribution is 6.05. The third kappa shape index (κ3) is 2.77. The molecule has 1 amide bonds. The summed E-state index contributed by atoms with van der Waals surface area (Å²) in [4.78, 5) is 38.1. The zero-order chi connectivity index (χ0) is 14.7. The predicted molar refractivity (Wildman–Crippen MR) is 73.1 cm³/mol. The molecule has 0 aliphatic rings. The van der Waals surface area contributed by atoms with Crippen molar-refractivity contribution in [3.63, 3.8) is 0 Å². The zero-order valence-electron chi connectivity index (χ0n) is 10.7. The highest BCUT2D eigenvalue weighted by Gasteiger charge is 2.17. The molecule has 2 rings (SSSR count). The van der Waals surface area contributed by atoms with Gasteiger partial charge < -0.3 is 10.4 Å². The molecule has 0 unspecified atom stereocenters. The quantitative estimate of drug-likeness (QED) is 0.656. The van der Waals surface area contributed by atoms with Crippen molar-refractivity contribution < 1.29 is 9.90 Å². The van der Waals surface area contributed by atoms with Crippen LogP contribution < -0.4 is 16.6 Å². The number of benzene rings is 1. The normalized spacial score (nSPS) is 10.2. The number of aromatic amines is 2. The topological polar surface area (TPSA) is 115 Å². The largest absolute Gasteiger partial charge is 0.494 e. The summed E-state index contributed by atoms with van der Waals surface area (Å²) >= 11 is 0. The van der Waals surface area contributed by atoms with Crippen molar-refractivity contribution in [3.05, 3.63) is 56.2 Å². The van der Waals surface area contributed by atoms with Crippen LogP contribution in [0.2, 0.25) is 0 Å². The maximum Gasteiger partial charge on any atom is 0.328 e. The monoisotopic (exact) mass is 275 g/mol. The Kier molecular flexibility index (Phi) is 3.69. The molecule has 7 nitrogen and oxygen atoms in total. The molecule has 0 aliphatic heterocycles. The van der Waals surface area contributed by atoms with Gasteiger partial charge in [0.25, 0.3) is 11.5 Å². The predicted octanol–water partition coefficient (Wildman–Crippen LogP) is 0.584. The minimum atomic E-state index is -0.950. The first-order valence-corrected chi connectivity index (χ1v) is 5.97. The number of anilines is 1. The van der Waals surface area contributed by atoms with Crippen LogP contribution in [0.4, 0.5) is 5.69 Å². The van der Waals surface area contributed by atoms with E-state index < -0.39 is 28.6 Å². The molecule has 104 valence electrons. The summed E-state index contributed by atoms with van der Waals surface area (Å²) in [5.74, 6) is -1.56. The number of aromatic nitrogens is 2. The summed E-state index contributed by atoms with van der Waals surface area (Å²) in [6.45, 7) is 2.01. The maximum atomic E-state index is 11.9. The van der Waals surface area contributed by atoms with Gasteiger partial charge in [0.15, 0.2) is 5.56 Å². The molecular formula is C13H13N3O4. The maximum absolute atomic E-state index is 11.9. The van der Waals surface area contributed by atoms with Crippen LogP contribution in [0.1, 0.15) is 22.8 Å². The van der Waals surface area contributed by atoms with Crippen LogP contribution in [-0.4, -0.2) is 21.0 Å². The van der Waals surface area contributed by atoms with Gasteiger partial charge in [0.1, 0.15) is 0 Å². The summed E-state index contributed by atoms with van der Waals surface area (Å²) in [5.41, 5.74) is -0.778. The lowest BCUT2D eigenvalue weighted by Crippen LogP contribution is -2.30. The summed E-state index contributed by atoms with van der Waals surface area (Å²) < 4.78 is 0. The minimum absolute atomic E-state index is 0.484. The first-order valence-electron chi connectivity index (χ1n) is 5.97. The molecule has 4 N–H and O–H groups in total. The fourth-order valence-electron chi connectivity index (χ4n) is 1.70. The van der Waals surface area contributed by atoms with Crippen LogP contribution in [-0.2, 0) is 6.42 Å². The van der Waals surface area contributed by atoms with Gasteiger partial charge in [-0.15, -0.1) is 0 Å². The van der Waals surface area contributed by atoms with Gasteiger partial charge in [-0.2, -0.15) is 0 Å². The molecule has 0 aliphatic carbocycles. The zero-order valence-corrected chi connectivity index (χ0v) is 10.7. The van der Waals surface area contributed by atoms with E-state index in [2.05, 4.69) is 5.32 Å². The third-order valence-electron chi connectivity index (χ3n) is 2.77. The highest BCUT2D eigenvalue weighted by atomic mass is 16.3. The molecule has 2 aromatic rings. The molecule has 20 heavy (non-hydrogen) atoms. The Labute approximate surface area is 113 Å². The van der Waals surface area contributed by atoms with Crippen molar-refractivity contribution in [2.75, 3.05) is 5.32 Å². The number of H-pyrrole nitrogens is 2. The molecule has 0 atom stereocenters. The molecule has 0 saturated heterocycles. The summed E-state index contributed by atoms with van der Waals surface area (Å²) in [5, 5.41) is 11.9. The SMILES string of the molecule is CCc1ccc(NC(=O)c2c(O)[nH]c(=O)[nH]c2=O)cc1. The third-order valence-corrected chi connectivity index (χ3v) is 2.77. The lowest BCUT2D eigenvalue weighted by molar-refractivity contribution is 0.102. The average molecular weight is 275 g/mol. The van der Waals surface area contributed by atoms with Gasteiger partial charge in [0.2, 0.25) is 5.88 Å². The molecule has 0 spiro atoms. The Balaban J connectivity index is 2.28. The van der Waals surface area contributed by atoms with E-state index in [-0.39, 0.29) is 0 Å². The lowest BCUT2D eigenvalue weighted by Gasteiger charge is -2.06. The van der Waals surface area contributed by atoms with Crippen LogP contribution in [0.15, 0.2) is 33.9 Å². The van der Waals surface area contributed by atoms with E-state index in [0.717, 1.165) is 12.0 Å². The lowest BCUT2D eigenvalue weighted by atomic mass is 10.1. The highest BCUT2D eigenvalue weighted by Crippen LogP contribution is 2.13.